The quantitative estimate of drug-likeness (QED) is 0.716. The number of nitrogens with one attached hydrogen (secondary N) is 1. The molecule has 1 N–H and O–H groups in total. The lowest BCUT2D eigenvalue weighted by molar-refractivity contribution is 0.242. The minimum Gasteiger partial charge on any atom is -0.491 e. The summed E-state index contributed by atoms with van der Waals surface area (Å²) >= 11 is 0. The number of nitriles is 1. The van der Waals surface area contributed by atoms with Gasteiger partial charge in [-0.25, -0.2) is 0 Å². The molecule has 0 atom stereocenters. The predicted octanol–water partition coefficient (Wildman–Crippen LogP) is 3.26. The van der Waals surface area contributed by atoms with Gasteiger partial charge >= 0.3 is 0 Å². The molecule has 0 bridgehead atoms. The maximum atomic E-state index is 8.41. The lowest BCUT2D eigenvalue weighted by atomic mass is 10.2. The number of hydrogen-bond acceptors (Lipinski definition) is 3. The first-order valence-corrected chi connectivity index (χ1v) is 6.55. The zero-order valence-corrected chi connectivity index (χ0v) is 11.3. The van der Waals surface area contributed by atoms with Gasteiger partial charge in [0.05, 0.1) is 12.2 Å². The van der Waals surface area contributed by atoms with Crippen LogP contribution in [0, 0.1) is 11.3 Å². The number of ether oxygens (including phenoxy) is 1. The van der Waals surface area contributed by atoms with E-state index in [0.29, 0.717) is 6.42 Å². The summed E-state index contributed by atoms with van der Waals surface area (Å²) in [4.78, 5) is 0. The summed E-state index contributed by atoms with van der Waals surface area (Å²) in [6, 6.07) is 10.3. The van der Waals surface area contributed by atoms with Gasteiger partial charge in [0, 0.05) is 13.0 Å². The van der Waals surface area contributed by atoms with Crippen molar-refractivity contribution in [3.8, 4) is 11.8 Å². The van der Waals surface area contributed by atoms with Crippen molar-refractivity contribution in [2.24, 2.45) is 0 Å². The van der Waals surface area contributed by atoms with Gasteiger partial charge in [-0.05, 0) is 50.9 Å². The molecule has 0 saturated carbocycles. The minimum absolute atomic E-state index is 0.217. The molecule has 98 valence electrons. The summed E-state index contributed by atoms with van der Waals surface area (Å²) < 4.78 is 5.59. The summed E-state index contributed by atoms with van der Waals surface area (Å²) in [6.45, 7) is 5.88. The molecule has 0 heterocycles. The van der Waals surface area contributed by atoms with E-state index in [2.05, 4.69) is 23.5 Å². The van der Waals surface area contributed by atoms with E-state index in [4.69, 9.17) is 10.00 Å². The highest BCUT2D eigenvalue weighted by atomic mass is 16.5. The van der Waals surface area contributed by atoms with Gasteiger partial charge in [0.25, 0.3) is 0 Å². The molecule has 18 heavy (non-hydrogen) atoms. The molecule has 1 aromatic carbocycles. The zero-order valence-electron chi connectivity index (χ0n) is 11.3. The molecule has 0 aromatic heterocycles. The smallest absolute Gasteiger partial charge is 0.119 e. The molecular formula is C15H22N2O. The third kappa shape index (κ3) is 6.27. The number of nitrogens with zero attached hydrogens (tertiary/aromatic N) is 1. The highest BCUT2D eigenvalue weighted by Gasteiger charge is 1.98. The number of benzene rings is 1. The number of rotatable bonds is 8. The molecule has 3 nitrogen and oxygen atoms in total. The van der Waals surface area contributed by atoms with Crippen LogP contribution in [0.3, 0.4) is 0 Å². The van der Waals surface area contributed by atoms with Gasteiger partial charge in [-0.2, -0.15) is 5.26 Å². The first kappa shape index (κ1) is 14.5. The summed E-state index contributed by atoms with van der Waals surface area (Å²) in [5, 5.41) is 11.8. The molecule has 0 radical (unpaired) electrons. The third-order valence-electron chi connectivity index (χ3n) is 2.52. The van der Waals surface area contributed by atoms with Crippen LogP contribution in [0.5, 0.6) is 5.75 Å². The first-order chi connectivity index (χ1) is 8.72. The van der Waals surface area contributed by atoms with E-state index in [0.717, 1.165) is 31.7 Å². The normalized spacial score (nSPS) is 10.3. The highest BCUT2D eigenvalue weighted by Crippen LogP contribution is 2.13. The van der Waals surface area contributed by atoms with E-state index in [1.807, 2.05) is 26.0 Å². The van der Waals surface area contributed by atoms with Crippen LogP contribution >= 0.6 is 0 Å². The molecule has 0 amide bonds. The van der Waals surface area contributed by atoms with Crippen LogP contribution in [0.4, 0.5) is 0 Å². The van der Waals surface area contributed by atoms with Crippen LogP contribution in [0.1, 0.15) is 38.7 Å². The van der Waals surface area contributed by atoms with Crippen LogP contribution in [0.25, 0.3) is 0 Å². The molecule has 0 aliphatic heterocycles. The Bertz CT molecular complexity index is 365. The van der Waals surface area contributed by atoms with Crippen molar-refractivity contribution in [3.05, 3.63) is 29.8 Å². The SMILES string of the molecule is CC(C)Oc1ccc(CNCCCCC#N)cc1. The van der Waals surface area contributed by atoms with Crippen LogP contribution in [-0.4, -0.2) is 12.6 Å². The monoisotopic (exact) mass is 246 g/mol. The lowest BCUT2D eigenvalue weighted by Gasteiger charge is -2.10. The fraction of sp³-hybridized carbons (Fsp3) is 0.533. The highest BCUT2D eigenvalue weighted by molar-refractivity contribution is 5.27. The average molecular weight is 246 g/mol. The van der Waals surface area contributed by atoms with Crippen molar-refractivity contribution in [2.45, 2.75) is 45.8 Å². The second-order valence-corrected chi connectivity index (χ2v) is 4.60. The fourth-order valence-corrected chi connectivity index (χ4v) is 1.64. The second kappa shape index (κ2) is 8.54. The van der Waals surface area contributed by atoms with Crippen molar-refractivity contribution in [2.75, 3.05) is 6.54 Å². The molecule has 0 unspecified atom stereocenters. The van der Waals surface area contributed by atoms with Gasteiger partial charge in [-0.15, -0.1) is 0 Å². The zero-order chi connectivity index (χ0) is 13.2. The summed E-state index contributed by atoms with van der Waals surface area (Å²) in [5.41, 5.74) is 1.26. The van der Waals surface area contributed by atoms with E-state index < -0.39 is 0 Å². The summed E-state index contributed by atoms with van der Waals surface area (Å²) in [6.07, 6.45) is 2.91. The molecule has 0 saturated heterocycles. The van der Waals surface area contributed by atoms with Gasteiger partial charge < -0.3 is 10.1 Å². The van der Waals surface area contributed by atoms with E-state index in [-0.39, 0.29) is 6.10 Å². The van der Waals surface area contributed by atoms with E-state index in [1.54, 1.807) is 0 Å². The van der Waals surface area contributed by atoms with Crippen LogP contribution in [0.15, 0.2) is 24.3 Å². The average Bonchev–Trinajstić information content (AvgIpc) is 2.35. The Balaban J connectivity index is 2.21. The Morgan fingerprint density at radius 2 is 1.94 bits per heavy atom. The second-order valence-electron chi connectivity index (χ2n) is 4.60. The minimum atomic E-state index is 0.217. The van der Waals surface area contributed by atoms with Crippen molar-refractivity contribution in [1.82, 2.24) is 5.32 Å². The Morgan fingerprint density at radius 1 is 1.22 bits per heavy atom. The molecule has 3 heteroatoms. The van der Waals surface area contributed by atoms with Crippen molar-refractivity contribution >= 4 is 0 Å². The van der Waals surface area contributed by atoms with Crippen molar-refractivity contribution in [3.63, 3.8) is 0 Å². The Kier molecular flexibility index (Phi) is 6.90. The molecule has 1 aromatic rings. The first-order valence-electron chi connectivity index (χ1n) is 6.55. The topological polar surface area (TPSA) is 45.0 Å². The molecule has 1 rings (SSSR count). The Morgan fingerprint density at radius 3 is 2.56 bits per heavy atom. The number of unbranched alkanes of at least 4 members (excludes halogenated alkanes) is 2. The molecule has 0 aliphatic rings. The van der Waals surface area contributed by atoms with Crippen LogP contribution in [0.2, 0.25) is 0 Å². The van der Waals surface area contributed by atoms with E-state index in [1.165, 1.54) is 5.56 Å². The van der Waals surface area contributed by atoms with Crippen LogP contribution < -0.4 is 10.1 Å². The third-order valence-corrected chi connectivity index (χ3v) is 2.52. The Hall–Kier alpha value is -1.53. The summed E-state index contributed by atoms with van der Waals surface area (Å²) in [5.74, 6) is 0.919. The summed E-state index contributed by atoms with van der Waals surface area (Å²) in [7, 11) is 0. The standard InChI is InChI=1S/C15H22N2O/c1-13(2)18-15-8-6-14(7-9-15)12-17-11-5-3-4-10-16/h6-9,13,17H,3-5,11-12H2,1-2H3. The van der Waals surface area contributed by atoms with Crippen LogP contribution in [-0.2, 0) is 6.54 Å². The lowest BCUT2D eigenvalue weighted by Crippen LogP contribution is -2.14. The van der Waals surface area contributed by atoms with Gasteiger partial charge in [0.1, 0.15) is 5.75 Å². The van der Waals surface area contributed by atoms with Gasteiger partial charge in [0.2, 0.25) is 0 Å². The maximum absolute atomic E-state index is 8.41. The van der Waals surface area contributed by atoms with Gasteiger partial charge in [0.15, 0.2) is 0 Å². The molecule has 0 spiro atoms. The maximum Gasteiger partial charge on any atom is 0.119 e. The Labute approximate surface area is 110 Å². The van der Waals surface area contributed by atoms with Gasteiger partial charge in [-0.1, -0.05) is 12.1 Å². The largest absolute Gasteiger partial charge is 0.491 e. The molecular weight excluding hydrogens is 224 g/mol. The van der Waals surface area contributed by atoms with E-state index >= 15 is 0 Å². The predicted molar refractivity (Wildman–Crippen MR) is 73.4 cm³/mol. The molecule has 0 aliphatic carbocycles. The van der Waals surface area contributed by atoms with E-state index in [9.17, 15) is 0 Å². The van der Waals surface area contributed by atoms with Gasteiger partial charge in [-0.3, -0.25) is 0 Å². The molecule has 0 fully saturated rings. The number of hydrogen-bond donors (Lipinski definition) is 1. The van der Waals surface area contributed by atoms with Crippen molar-refractivity contribution in [1.29, 1.82) is 5.26 Å². The fourth-order valence-electron chi connectivity index (χ4n) is 1.64. The van der Waals surface area contributed by atoms with Crippen molar-refractivity contribution < 1.29 is 4.74 Å².